The molecule has 0 N–H and O–H groups in total. The van der Waals surface area contributed by atoms with E-state index in [9.17, 15) is 0 Å². The summed E-state index contributed by atoms with van der Waals surface area (Å²) in [7, 11) is 0. The van der Waals surface area contributed by atoms with Gasteiger partial charge in [0.15, 0.2) is 0 Å². The molecule has 0 aromatic carbocycles. The molecule has 7 heteroatoms. The zero-order valence-electron chi connectivity index (χ0n) is 11.4. The molecule has 2 heterocycles. The molecule has 1 saturated carbocycles. The van der Waals surface area contributed by atoms with Crippen LogP contribution in [-0.2, 0) is 0 Å². The number of hydrogen-bond donors (Lipinski definition) is 0. The molecule has 0 saturated heterocycles. The van der Waals surface area contributed by atoms with Gasteiger partial charge in [-0.1, -0.05) is 6.42 Å². The minimum absolute atomic E-state index is 0.201. The van der Waals surface area contributed by atoms with Crippen LogP contribution >= 0.6 is 11.6 Å². The molecule has 0 atom stereocenters. The molecule has 3 rings (SSSR count). The summed E-state index contributed by atoms with van der Waals surface area (Å²) in [6.07, 6.45) is 7.39. The summed E-state index contributed by atoms with van der Waals surface area (Å²) in [6, 6.07) is 1.82. The van der Waals surface area contributed by atoms with Gasteiger partial charge < -0.3 is 4.90 Å². The minimum Gasteiger partial charge on any atom is -0.341 e. The van der Waals surface area contributed by atoms with Gasteiger partial charge in [0, 0.05) is 25.5 Å². The largest absolute Gasteiger partial charge is 0.341 e. The Balaban J connectivity index is 1.87. The maximum Gasteiger partial charge on any atom is 0.256 e. The van der Waals surface area contributed by atoms with Crippen LogP contribution in [0.4, 0.5) is 5.95 Å². The first kappa shape index (κ1) is 13.3. The highest BCUT2D eigenvalue weighted by atomic mass is 35.5. The van der Waals surface area contributed by atoms with Gasteiger partial charge in [-0.2, -0.15) is 20.1 Å². The van der Waals surface area contributed by atoms with Crippen LogP contribution in [0.1, 0.15) is 26.2 Å². The van der Waals surface area contributed by atoms with Gasteiger partial charge in [0.05, 0.1) is 0 Å². The Hall–Kier alpha value is -1.69. The maximum absolute atomic E-state index is 6.02. The topological polar surface area (TPSA) is 59.7 Å². The SMILES string of the molecule is CCN(CC1CCC1)c1nc(Cl)nc(-n2cccn2)n1. The van der Waals surface area contributed by atoms with E-state index in [4.69, 9.17) is 11.6 Å². The van der Waals surface area contributed by atoms with Crippen molar-refractivity contribution in [1.29, 1.82) is 0 Å². The van der Waals surface area contributed by atoms with Crippen molar-refractivity contribution in [2.45, 2.75) is 26.2 Å². The van der Waals surface area contributed by atoms with Crippen LogP contribution in [0, 0.1) is 5.92 Å². The maximum atomic E-state index is 6.02. The summed E-state index contributed by atoms with van der Waals surface area (Å²) >= 11 is 6.02. The summed E-state index contributed by atoms with van der Waals surface area (Å²) in [5.41, 5.74) is 0. The van der Waals surface area contributed by atoms with Crippen molar-refractivity contribution in [2.24, 2.45) is 5.92 Å². The highest BCUT2D eigenvalue weighted by molar-refractivity contribution is 6.28. The molecule has 1 aliphatic rings. The monoisotopic (exact) mass is 292 g/mol. The third-order valence-corrected chi connectivity index (χ3v) is 3.83. The highest BCUT2D eigenvalue weighted by Crippen LogP contribution is 2.28. The lowest BCUT2D eigenvalue weighted by atomic mass is 9.85. The summed E-state index contributed by atoms with van der Waals surface area (Å²) < 4.78 is 1.59. The average molecular weight is 293 g/mol. The molecular formula is C13H17ClN6. The molecule has 2 aromatic heterocycles. The minimum atomic E-state index is 0.201. The Morgan fingerprint density at radius 2 is 2.20 bits per heavy atom. The number of hydrogen-bond acceptors (Lipinski definition) is 5. The van der Waals surface area contributed by atoms with Crippen molar-refractivity contribution < 1.29 is 0 Å². The summed E-state index contributed by atoms with van der Waals surface area (Å²) in [5.74, 6) is 1.83. The Bertz CT molecular complexity index is 566. The van der Waals surface area contributed by atoms with Crippen LogP contribution in [0.5, 0.6) is 0 Å². The quantitative estimate of drug-likeness (QED) is 0.846. The Morgan fingerprint density at radius 1 is 1.35 bits per heavy atom. The second-order valence-electron chi connectivity index (χ2n) is 4.99. The summed E-state index contributed by atoms with van der Waals surface area (Å²) in [4.78, 5) is 15.0. The van der Waals surface area contributed by atoms with E-state index in [2.05, 4.69) is 31.9 Å². The molecule has 2 aromatic rings. The van der Waals surface area contributed by atoms with Crippen molar-refractivity contribution in [3.05, 3.63) is 23.7 Å². The Kier molecular flexibility index (Phi) is 3.82. The van der Waals surface area contributed by atoms with Crippen molar-refractivity contribution in [3.63, 3.8) is 0 Å². The smallest absolute Gasteiger partial charge is 0.256 e. The van der Waals surface area contributed by atoms with Crippen LogP contribution in [0.15, 0.2) is 18.5 Å². The number of nitrogens with zero attached hydrogens (tertiary/aromatic N) is 6. The van der Waals surface area contributed by atoms with Crippen LogP contribution in [-0.4, -0.2) is 37.8 Å². The lowest BCUT2D eigenvalue weighted by Crippen LogP contribution is -2.34. The normalized spacial score (nSPS) is 15.1. The van der Waals surface area contributed by atoms with E-state index in [1.165, 1.54) is 19.3 Å². The molecular weight excluding hydrogens is 276 g/mol. The van der Waals surface area contributed by atoms with Crippen LogP contribution in [0.3, 0.4) is 0 Å². The lowest BCUT2D eigenvalue weighted by Gasteiger charge is -2.31. The second kappa shape index (κ2) is 5.75. The second-order valence-corrected chi connectivity index (χ2v) is 5.33. The fourth-order valence-electron chi connectivity index (χ4n) is 2.30. The van der Waals surface area contributed by atoms with Crippen molar-refractivity contribution in [1.82, 2.24) is 24.7 Å². The van der Waals surface area contributed by atoms with Gasteiger partial charge in [-0.15, -0.1) is 0 Å². The molecule has 0 aliphatic heterocycles. The van der Waals surface area contributed by atoms with E-state index in [-0.39, 0.29) is 5.28 Å². The van der Waals surface area contributed by atoms with Crippen molar-refractivity contribution >= 4 is 17.5 Å². The fraction of sp³-hybridized carbons (Fsp3) is 0.538. The first-order chi connectivity index (χ1) is 9.76. The third-order valence-electron chi connectivity index (χ3n) is 3.66. The van der Waals surface area contributed by atoms with E-state index in [0.717, 1.165) is 19.0 Å². The predicted molar refractivity (Wildman–Crippen MR) is 77.2 cm³/mol. The van der Waals surface area contributed by atoms with Crippen LogP contribution in [0.25, 0.3) is 5.95 Å². The van der Waals surface area contributed by atoms with E-state index < -0.39 is 0 Å². The van der Waals surface area contributed by atoms with Crippen molar-refractivity contribution in [2.75, 3.05) is 18.0 Å². The number of rotatable bonds is 5. The number of aromatic nitrogens is 5. The predicted octanol–water partition coefficient (Wildman–Crippen LogP) is 2.34. The van der Waals surface area contributed by atoms with Crippen LogP contribution in [0.2, 0.25) is 5.28 Å². The molecule has 1 aliphatic carbocycles. The van der Waals surface area contributed by atoms with Gasteiger partial charge in [0.1, 0.15) is 0 Å². The van der Waals surface area contributed by atoms with Gasteiger partial charge >= 0.3 is 0 Å². The summed E-state index contributed by atoms with van der Waals surface area (Å²) in [6.45, 7) is 3.94. The molecule has 106 valence electrons. The first-order valence-electron chi connectivity index (χ1n) is 6.93. The van der Waals surface area contributed by atoms with E-state index in [1.807, 2.05) is 6.07 Å². The third kappa shape index (κ3) is 2.75. The zero-order valence-corrected chi connectivity index (χ0v) is 12.2. The standard InChI is InChI=1S/C13H17ClN6/c1-2-19(9-10-5-3-6-10)12-16-11(14)17-13(18-12)20-8-4-7-15-20/h4,7-8,10H,2-3,5-6,9H2,1H3. The van der Waals surface area contributed by atoms with E-state index in [0.29, 0.717) is 11.9 Å². The van der Waals surface area contributed by atoms with Gasteiger partial charge in [-0.3, -0.25) is 0 Å². The molecule has 0 radical (unpaired) electrons. The molecule has 6 nitrogen and oxygen atoms in total. The first-order valence-corrected chi connectivity index (χ1v) is 7.30. The molecule has 0 bridgehead atoms. The van der Waals surface area contributed by atoms with Gasteiger partial charge in [0.2, 0.25) is 11.2 Å². The van der Waals surface area contributed by atoms with Gasteiger partial charge in [-0.25, -0.2) is 4.68 Å². The molecule has 0 amide bonds. The highest BCUT2D eigenvalue weighted by Gasteiger charge is 2.22. The number of halogens is 1. The van der Waals surface area contributed by atoms with Crippen LogP contribution < -0.4 is 4.90 Å². The molecule has 20 heavy (non-hydrogen) atoms. The summed E-state index contributed by atoms with van der Waals surface area (Å²) in [5, 5.41) is 4.33. The molecule has 0 unspecified atom stereocenters. The number of anilines is 1. The van der Waals surface area contributed by atoms with E-state index >= 15 is 0 Å². The zero-order chi connectivity index (χ0) is 13.9. The molecule has 1 fully saturated rings. The van der Waals surface area contributed by atoms with Crippen molar-refractivity contribution in [3.8, 4) is 5.95 Å². The molecule has 0 spiro atoms. The van der Waals surface area contributed by atoms with E-state index in [1.54, 1.807) is 17.1 Å². The Labute approximate surface area is 122 Å². The Morgan fingerprint density at radius 3 is 2.80 bits per heavy atom. The lowest BCUT2D eigenvalue weighted by molar-refractivity contribution is 0.317. The fourth-order valence-corrected chi connectivity index (χ4v) is 2.45. The van der Waals surface area contributed by atoms with Gasteiger partial charge in [-0.05, 0) is 43.4 Å². The van der Waals surface area contributed by atoms with Gasteiger partial charge in [0.25, 0.3) is 5.95 Å². The average Bonchev–Trinajstić information content (AvgIpc) is 2.91.